The highest BCUT2D eigenvalue weighted by Crippen LogP contribution is 2.31. The zero-order chi connectivity index (χ0) is 20.1. The highest BCUT2D eigenvalue weighted by Gasteiger charge is 2.22. The Bertz CT molecular complexity index is 901. The van der Waals surface area contributed by atoms with E-state index in [0.717, 1.165) is 0 Å². The first kappa shape index (κ1) is 20.0. The van der Waals surface area contributed by atoms with Gasteiger partial charge in [-0.2, -0.15) is 0 Å². The maximum Gasteiger partial charge on any atom is 0.294 e. The van der Waals surface area contributed by atoms with Gasteiger partial charge in [0.15, 0.2) is 5.11 Å². The van der Waals surface area contributed by atoms with Gasteiger partial charge in [0.2, 0.25) is 0 Å². The van der Waals surface area contributed by atoms with Crippen LogP contribution in [0, 0.1) is 10.1 Å². The SMILES string of the molecule is O=C(NC(=S)Nc1ccc(N2CCOCC2)c([N+](=O)[O-])c1)c1ccc(Cl)cc1. The van der Waals surface area contributed by atoms with Gasteiger partial charge in [-0.25, -0.2) is 0 Å². The number of amides is 1. The Labute approximate surface area is 171 Å². The fraction of sp³-hybridized carbons (Fsp3) is 0.222. The molecule has 0 radical (unpaired) electrons. The standard InChI is InChI=1S/C18H17ClN4O4S/c19-13-3-1-12(2-4-13)17(24)21-18(28)20-14-5-6-15(16(11-14)23(25)26)22-7-9-27-10-8-22/h1-6,11H,7-10H2,(H2,20,21,24,28). The lowest BCUT2D eigenvalue weighted by atomic mass is 10.2. The molecule has 146 valence electrons. The Kier molecular flexibility index (Phi) is 6.40. The van der Waals surface area contributed by atoms with Crippen LogP contribution < -0.4 is 15.5 Å². The molecular formula is C18H17ClN4O4S. The second-order valence-corrected chi connectivity index (χ2v) is 6.82. The van der Waals surface area contributed by atoms with Gasteiger partial charge >= 0.3 is 0 Å². The number of hydrogen-bond acceptors (Lipinski definition) is 6. The van der Waals surface area contributed by atoms with Crippen molar-refractivity contribution in [3.8, 4) is 0 Å². The molecule has 1 heterocycles. The molecule has 1 aliphatic rings. The van der Waals surface area contributed by atoms with E-state index in [0.29, 0.717) is 48.3 Å². The molecular weight excluding hydrogens is 404 g/mol. The first-order valence-corrected chi connectivity index (χ1v) is 9.22. The average Bonchev–Trinajstić information content (AvgIpc) is 2.69. The predicted molar refractivity (Wildman–Crippen MR) is 111 cm³/mol. The van der Waals surface area contributed by atoms with Crippen molar-refractivity contribution in [1.29, 1.82) is 0 Å². The fourth-order valence-electron chi connectivity index (χ4n) is 2.76. The van der Waals surface area contributed by atoms with E-state index in [2.05, 4.69) is 10.6 Å². The molecule has 3 rings (SSSR count). The van der Waals surface area contributed by atoms with Crippen molar-refractivity contribution in [2.75, 3.05) is 36.5 Å². The van der Waals surface area contributed by atoms with Crippen LogP contribution in [0.15, 0.2) is 42.5 Å². The zero-order valence-corrected chi connectivity index (χ0v) is 16.3. The van der Waals surface area contributed by atoms with Crippen LogP contribution in [0.3, 0.4) is 0 Å². The average molecular weight is 421 g/mol. The third-order valence-corrected chi connectivity index (χ3v) is 4.57. The van der Waals surface area contributed by atoms with Crippen molar-refractivity contribution in [1.82, 2.24) is 5.32 Å². The summed E-state index contributed by atoms with van der Waals surface area (Å²) in [5, 5.41) is 17.4. The Morgan fingerprint density at radius 2 is 1.86 bits per heavy atom. The number of nitro groups is 1. The van der Waals surface area contributed by atoms with Crippen molar-refractivity contribution >= 4 is 51.9 Å². The molecule has 10 heteroatoms. The highest BCUT2D eigenvalue weighted by molar-refractivity contribution is 7.80. The minimum Gasteiger partial charge on any atom is -0.378 e. The van der Waals surface area contributed by atoms with E-state index < -0.39 is 10.8 Å². The van der Waals surface area contributed by atoms with E-state index >= 15 is 0 Å². The zero-order valence-electron chi connectivity index (χ0n) is 14.7. The molecule has 28 heavy (non-hydrogen) atoms. The summed E-state index contributed by atoms with van der Waals surface area (Å²) in [6.07, 6.45) is 0. The quantitative estimate of drug-likeness (QED) is 0.445. The molecule has 0 unspecified atom stereocenters. The van der Waals surface area contributed by atoms with Gasteiger partial charge in [-0.3, -0.25) is 20.2 Å². The van der Waals surface area contributed by atoms with Crippen LogP contribution in [-0.2, 0) is 4.74 Å². The molecule has 0 spiro atoms. The third kappa shape index (κ3) is 4.94. The molecule has 0 aromatic heterocycles. The van der Waals surface area contributed by atoms with Gasteiger partial charge in [0.25, 0.3) is 11.6 Å². The van der Waals surface area contributed by atoms with Gasteiger partial charge in [0.1, 0.15) is 5.69 Å². The molecule has 1 aliphatic heterocycles. The minimum absolute atomic E-state index is 0.0355. The minimum atomic E-state index is -0.439. The number of anilines is 2. The smallest absolute Gasteiger partial charge is 0.294 e. The maximum atomic E-state index is 12.2. The largest absolute Gasteiger partial charge is 0.378 e. The second-order valence-electron chi connectivity index (χ2n) is 5.98. The van der Waals surface area contributed by atoms with Crippen molar-refractivity contribution in [3.05, 3.63) is 63.2 Å². The first-order valence-electron chi connectivity index (χ1n) is 8.43. The number of carbonyl (C=O) groups is 1. The van der Waals surface area contributed by atoms with E-state index in [4.69, 9.17) is 28.6 Å². The molecule has 0 aliphatic carbocycles. The molecule has 0 bridgehead atoms. The number of thiocarbonyl (C=S) groups is 1. The van der Waals surface area contributed by atoms with E-state index in [1.54, 1.807) is 36.4 Å². The van der Waals surface area contributed by atoms with Gasteiger partial charge < -0.3 is 15.0 Å². The van der Waals surface area contributed by atoms with Gasteiger partial charge in [-0.05, 0) is 48.6 Å². The summed E-state index contributed by atoms with van der Waals surface area (Å²) in [4.78, 5) is 25.2. The molecule has 1 fully saturated rings. The van der Waals surface area contributed by atoms with E-state index in [-0.39, 0.29) is 10.8 Å². The number of hydrogen-bond donors (Lipinski definition) is 2. The van der Waals surface area contributed by atoms with Crippen molar-refractivity contribution in [2.45, 2.75) is 0 Å². The molecule has 1 saturated heterocycles. The summed E-state index contributed by atoms with van der Waals surface area (Å²) in [7, 11) is 0. The molecule has 2 aromatic carbocycles. The Morgan fingerprint density at radius 3 is 2.50 bits per heavy atom. The Hall–Kier alpha value is -2.75. The molecule has 2 N–H and O–H groups in total. The fourth-order valence-corrected chi connectivity index (χ4v) is 3.09. The lowest BCUT2D eigenvalue weighted by Crippen LogP contribution is -2.36. The number of morpholine rings is 1. The number of halogens is 1. The first-order chi connectivity index (χ1) is 13.4. The number of nitrogens with one attached hydrogen (secondary N) is 2. The van der Waals surface area contributed by atoms with Gasteiger partial charge in [-0.15, -0.1) is 0 Å². The van der Waals surface area contributed by atoms with Crippen LogP contribution in [-0.4, -0.2) is 42.2 Å². The van der Waals surface area contributed by atoms with Gasteiger partial charge in [0.05, 0.1) is 18.1 Å². The van der Waals surface area contributed by atoms with Crippen LogP contribution >= 0.6 is 23.8 Å². The van der Waals surface area contributed by atoms with Crippen LogP contribution in [0.4, 0.5) is 17.1 Å². The lowest BCUT2D eigenvalue weighted by Gasteiger charge is -2.28. The normalized spacial score (nSPS) is 13.7. The number of ether oxygens (including phenoxy) is 1. The van der Waals surface area contributed by atoms with E-state index in [1.165, 1.54) is 6.07 Å². The van der Waals surface area contributed by atoms with Gasteiger partial charge in [0, 0.05) is 35.4 Å². The number of carbonyl (C=O) groups excluding carboxylic acids is 1. The predicted octanol–water partition coefficient (Wildman–Crippen LogP) is 3.21. The summed E-state index contributed by atoms with van der Waals surface area (Å²) in [6.45, 7) is 2.22. The van der Waals surface area contributed by atoms with Crippen LogP contribution in [0.1, 0.15) is 10.4 Å². The van der Waals surface area contributed by atoms with Crippen LogP contribution in [0.5, 0.6) is 0 Å². The maximum absolute atomic E-state index is 12.2. The van der Waals surface area contributed by atoms with Crippen molar-refractivity contribution in [2.24, 2.45) is 0 Å². The van der Waals surface area contributed by atoms with Crippen molar-refractivity contribution < 1.29 is 14.5 Å². The van der Waals surface area contributed by atoms with Crippen molar-refractivity contribution in [3.63, 3.8) is 0 Å². The summed E-state index contributed by atoms with van der Waals surface area (Å²) in [6, 6.07) is 11.1. The third-order valence-electron chi connectivity index (χ3n) is 4.12. The van der Waals surface area contributed by atoms with E-state index in [1.807, 2.05) is 4.90 Å². The number of rotatable bonds is 4. The molecule has 2 aromatic rings. The summed E-state index contributed by atoms with van der Waals surface area (Å²) < 4.78 is 5.29. The monoisotopic (exact) mass is 420 g/mol. The Balaban J connectivity index is 1.70. The summed E-state index contributed by atoms with van der Waals surface area (Å²) in [5.74, 6) is -0.409. The van der Waals surface area contributed by atoms with E-state index in [9.17, 15) is 14.9 Å². The lowest BCUT2D eigenvalue weighted by molar-refractivity contribution is -0.384. The van der Waals surface area contributed by atoms with Crippen LogP contribution in [0.25, 0.3) is 0 Å². The van der Waals surface area contributed by atoms with Crippen LogP contribution in [0.2, 0.25) is 5.02 Å². The second kappa shape index (κ2) is 8.96. The summed E-state index contributed by atoms with van der Waals surface area (Å²) >= 11 is 10.9. The van der Waals surface area contributed by atoms with Gasteiger partial charge in [-0.1, -0.05) is 11.6 Å². The molecule has 1 amide bonds. The highest BCUT2D eigenvalue weighted by atomic mass is 35.5. The number of nitrogens with zero attached hydrogens (tertiary/aromatic N) is 2. The molecule has 0 atom stereocenters. The molecule has 8 nitrogen and oxygen atoms in total. The summed E-state index contributed by atoms with van der Waals surface area (Å²) in [5.41, 5.74) is 1.28. The Morgan fingerprint density at radius 1 is 1.18 bits per heavy atom. The number of benzene rings is 2. The number of nitro benzene ring substituents is 1. The molecule has 0 saturated carbocycles. The topological polar surface area (TPSA) is 96.7 Å².